The van der Waals surface area contributed by atoms with Crippen molar-refractivity contribution in [2.75, 3.05) is 11.9 Å². The van der Waals surface area contributed by atoms with Crippen LogP contribution in [-0.4, -0.2) is 17.8 Å². The van der Waals surface area contributed by atoms with Crippen molar-refractivity contribution in [3.05, 3.63) is 28.2 Å². The van der Waals surface area contributed by atoms with E-state index >= 15 is 0 Å². The maximum atomic E-state index is 13.0. The molecule has 0 radical (unpaired) electrons. The standard InChI is InChI=1S/C13H17BrF3NO/c1-8(2)11(5-6-19)18-12-4-3-9(14)7-10(12)13(15,16)17/h3-4,7-8,11,18-19H,5-6H2,1-2H3. The lowest BCUT2D eigenvalue weighted by Crippen LogP contribution is -2.28. The Kier molecular flexibility index (Phi) is 5.67. The molecule has 0 saturated heterocycles. The van der Waals surface area contributed by atoms with E-state index in [2.05, 4.69) is 21.2 Å². The van der Waals surface area contributed by atoms with Crippen LogP contribution >= 0.6 is 15.9 Å². The molecule has 0 bridgehead atoms. The van der Waals surface area contributed by atoms with Crippen LogP contribution in [0, 0.1) is 5.92 Å². The smallest absolute Gasteiger partial charge is 0.396 e. The first-order chi connectivity index (χ1) is 8.75. The van der Waals surface area contributed by atoms with Crippen LogP contribution in [0.4, 0.5) is 18.9 Å². The van der Waals surface area contributed by atoms with Crippen LogP contribution in [0.5, 0.6) is 0 Å². The van der Waals surface area contributed by atoms with E-state index in [0.717, 1.165) is 6.07 Å². The zero-order valence-electron chi connectivity index (χ0n) is 10.8. The number of aliphatic hydroxyl groups excluding tert-OH is 1. The average Bonchev–Trinajstić information content (AvgIpc) is 2.29. The van der Waals surface area contributed by atoms with Gasteiger partial charge >= 0.3 is 6.18 Å². The number of hydrogen-bond donors (Lipinski definition) is 2. The van der Waals surface area contributed by atoms with E-state index in [1.54, 1.807) is 6.07 Å². The summed E-state index contributed by atoms with van der Waals surface area (Å²) in [6.07, 6.45) is -4.00. The van der Waals surface area contributed by atoms with Crippen LogP contribution in [0.15, 0.2) is 22.7 Å². The summed E-state index contributed by atoms with van der Waals surface area (Å²) >= 11 is 3.05. The van der Waals surface area contributed by atoms with Crippen molar-refractivity contribution in [3.8, 4) is 0 Å². The Labute approximate surface area is 119 Å². The summed E-state index contributed by atoms with van der Waals surface area (Å²) in [7, 11) is 0. The average molecular weight is 340 g/mol. The van der Waals surface area contributed by atoms with Crippen molar-refractivity contribution in [3.63, 3.8) is 0 Å². The highest BCUT2D eigenvalue weighted by Gasteiger charge is 2.34. The zero-order chi connectivity index (χ0) is 14.6. The van der Waals surface area contributed by atoms with Gasteiger partial charge < -0.3 is 10.4 Å². The molecule has 0 saturated carbocycles. The maximum Gasteiger partial charge on any atom is 0.418 e. The third kappa shape index (κ3) is 4.69. The fraction of sp³-hybridized carbons (Fsp3) is 0.538. The van der Waals surface area contributed by atoms with E-state index in [-0.39, 0.29) is 24.3 Å². The molecule has 0 aliphatic carbocycles. The van der Waals surface area contributed by atoms with Crippen molar-refractivity contribution < 1.29 is 18.3 Å². The number of halogens is 4. The van der Waals surface area contributed by atoms with E-state index in [0.29, 0.717) is 10.9 Å². The minimum atomic E-state index is -4.41. The SMILES string of the molecule is CC(C)C(CCO)Nc1ccc(Br)cc1C(F)(F)F. The van der Waals surface area contributed by atoms with Gasteiger partial charge in [-0.25, -0.2) is 0 Å². The van der Waals surface area contributed by atoms with E-state index in [4.69, 9.17) is 5.11 Å². The van der Waals surface area contributed by atoms with E-state index < -0.39 is 11.7 Å². The predicted octanol–water partition coefficient (Wildman–Crippen LogP) is 4.29. The van der Waals surface area contributed by atoms with Gasteiger partial charge in [-0.05, 0) is 30.5 Å². The summed E-state index contributed by atoms with van der Waals surface area (Å²) in [4.78, 5) is 0. The zero-order valence-corrected chi connectivity index (χ0v) is 12.3. The lowest BCUT2D eigenvalue weighted by Gasteiger charge is -2.25. The van der Waals surface area contributed by atoms with E-state index in [9.17, 15) is 13.2 Å². The van der Waals surface area contributed by atoms with Gasteiger partial charge in [-0.1, -0.05) is 29.8 Å². The van der Waals surface area contributed by atoms with Crippen LogP contribution in [0.1, 0.15) is 25.8 Å². The minimum Gasteiger partial charge on any atom is -0.396 e. The molecule has 2 N–H and O–H groups in total. The molecule has 1 aromatic carbocycles. The van der Waals surface area contributed by atoms with Gasteiger partial charge in [-0.15, -0.1) is 0 Å². The summed E-state index contributed by atoms with van der Waals surface area (Å²) in [5.74, 6) is 0.122. The highest BCUT2D eigenvalue weighted by molar-refractivity contribution is 9.10. The number of aliphatic hydroxyl groups is 1. The molecule has 19 heavy (non-hydrogen) atoms. The van der Waals surface area contributed by atoms with E-state index in [1.165, 1.54) is 6.07 Å². The summed E-state index contributed by atoms with van der Waals surface area (Å²) in [6, 6.07) is 3.82. The lowest BCUT2D eigenvalue weighted by molar-refractivity contribution is -0.137. The Morgan fingerprint density at radius 2 is 1.95 bits per heavy atom. The van der Waals surface area contributed by atoms with Crippen molar-refractivity contribution in [1.29, 1.82) is 0 Å². The summed E-state index contributed by atoms with van der Waals surface area (Å²) in [6.45, 7) is 3.74. The number of alkyl halides is 3. The highest BCUT2D eigenvalue weighted by atomic mass is 79.9. The van der Waals surface area contributed by atoms with Crippen molar-refractivity contribution >= 4 is 21.6 Å². The third-order valence-electron chi connectivity index (χ3n) is 2.87. The molecule has 108 valence electrons. The highest BCUT2D eigenvalue weighted by Crippen LogP contribution is 2.37. The second-order valence-corrected chi connectivity index (χ2v) is 5.61. The minimum absolute atomic E-state index is 0.0443. The summed E-state index contributed by atoms with van der Waals surface area (Å²) in [5, 5.41) is 11.8. The Morgan fingerprint density at radius 3 is 2.42 bits per heavy atom. The molecule has 1 rings (SSSR count). The van der Waals surface area contributed by atoms with Crippen LogP contribution in [-0.2, 0) is 6.18 Å². The maximum absolute atomic E-state index is 13.0. The Morgan fingerprint density at radius 1 is 1.32 bits per heavy atom. The Bertz CT molecular complexity index is 421. The predicted molar refractivity (Wildman–Crippen MR) is 73.1 cm³/mol. The second kappa shape index (κ2) is 6.61. The van der Waals surface area contributed by atoms with Crippen LogP contribution < -0.4 is 5.32 Å². The molecule has 0 aromatic heterocycles. The Balaban J connectivity index is 3.06. The third-order valence-corrected chi connectivity index (χ3v) is 3.37. The first kappa shape index (κ1) is 16.3. The molecule has 0 aliphatic heterocycles. The quantitative estimate of drug-likeness (QED) is 0.838. The normalized spacial score (nSPS) is 13.7. The number of anilines is 1. The molecule has 6 heteroatoms. The van der Waals surface area contributed by atoms with Crippen molar-refractivity contribution in [2.45, 2.75) is 32.5 Å². The lowest BCUT2D eigenvalue weighted by atomic mass is 10.00. The van der Waals surface area contributed by atoms with Crippen molar-refractivity contribution in [1.82, 2.24) is 0 Å². The largest absolute Gasteiger partial charge is 0.418 e. The molecule has 2 nitrogen and oxygen atoms in total. The second-order valence-electron chi connectivity index (χ2n) is 4.69. The molecular weight excluding hydrogens is 323 g/mol. The van der Waals surface area contributed by atoms with Gasteiger partial charge in [-0.2, -0.15) is 13.2 Å². The molecular formula is C13H17BrF3NO. The van der Waals surface area contributed by atoms with Crippen LogP contribution in [0.3, 0.4) is 0 Å². The molecule has 0 spiro atoms. The first-order valence-electron chi connectivity index (χ1n) is 6.00. The molecule has 1 unspecified atom stereocenters. The molecule has 1 aromatic rings. The van der Waals surface area contributed by atoms with Gasteiger partial charge in [-0.3, -0.25) is 0 Å². The fourth-order valence-electron chi connectivity index (χ4n) is 1.79. The topological polar surface area (TPSA) is 32.3 Å². The molecule has 0 heterocycles. The number of nitrogens with one attached hydrogen (secondary N) is 1. The van der Waals surface area contributed by atoms with Gasteiger partial charge in [0.1, 0.15) is 0 Å². The molecule has 0 amide bonds. The first-order valence-corrected chi connectivity index (χ1v) is 6.79. The van der Waals surface area contributed by atoms with Crippen LogP contribution in [0.25, 0.3) is 0 Å². The Hall–Kier alpha value is -0.750. The van der Waals surface area contributed by atoms with Crippen LogP contribution in [0.2, 0.25) is 0 Å². The molecule has 0 fully saturated rings. The van der Waals surface area contributed by atoms with Crippen molar-refractivity contribution in [2.24, 2.45) is 5.92 Å². The van der Waals surface area contributed by atoms with Gasteiger partial charge in [0.05, 0.1) is 5.56 Å². The molecule has 1 atom stereocenters. The fourth-order valence-corrected chi connectivity index (χ4v) is 2.15. The van der Waals surface area contributed by atoms with Gasteiger partial charge in [0.25, 0.3) is 0 Å². The number of benzene rings is 1. The molecule has 0 aliphatic rings. The van der Waals surface area contributed by atoms with Gasteiger partial charge in [0.15, 0.2) is 0 Å². The van der Waals surface area contributed by atoms with E-state index in [1.807, 2.05) is 13.8 Å². The number of rotatable bonds is 5. The summed E-state index contributed by atoms with van der Waals surface area (Å²) in [5.41, 5.74) is -0.659. The summed E-state index contributed by atoms with van der Waals surface area (Å²) < 4.78 is 39.2. The monoisotopic (exact) mass is 339 g/mol. The van der Waals surface area contributed by atoms with Gasteiger partial charge in [0.2, 0.25) is 0 Å². The van der Waals surface area contributed by atoms with Gasteiger partial charge in [0, 0.05) is 22.8 Å². The number of hydrogen-bond acceptors (Lipinski definition) is 2.